The van der Waals surface area contributed by atoms with Gasteiger partial charge in [-0.25, -0.2) is 9.78 Å². The van der Waals surface area contributed by atoms with Crippen LogP contribution in [0.2, 0.25) is 0 Å². The van der Waals surface area contributed by atoms with E-state index in [9.17, 15) is 4.79 Å². The molecule has 1 aromatic heterocycles. The first-order valence-electron chi connectivity index (χ1n) is 6.87. The summed E-state index contributed by atoms with van der Waals surface area (Å²) in [5.74, 6) is -0.197. The van der Waals surface area contributed by atoms with E-state index in [1.165, 1.54) is 32.0 Å². The van der Waals surface area contributed by atoms with Gasteiger partial charge in [-0.1, -0.05) is 6.07 Å². The van der Waals surface area contributed by atoms with Gasteiger partial charge >= 0.3 is 5.97 Å². The van der Waals surface area contributed by atoms with E-state index < -0.39 is 5.97 Å². The van der Waals surface area contributed by atoms with Crippen LogP contribution < -0.4 is 5.32 Å². The molecule has 0 aromatic carbocycles. The van der Waals surface area contributed by atoms with Crippen LogP contribution in [0.25, 0.3) is 0 Å². The average Bonchev–Trinajstić information content (AvgIpc) is 2.47. The largest absolute Gasteiger partial charge is 0.477 e. The van der Waals surface area contributed by atoms with Crippen molar-refractivity contribution in [3.8, 4) is 0 Å². The summed E-state index contributed by atoms with van der Waals surface area (Å²) in [7, 11) is 0. The SMILES string of the molecule is O=C(O)c1cccc(CNC2CN3CCC2CC3)n1. The molecule has 2 N–H and O–H groups in total. The zero-order valence-electron chi connectivity index (χ0n) is 10.9. The van der Waals surface area contributed by atoms with Crippen LogP contribution in [-0.4, -0.2) is 46.6 Å². The number of fused-ring (bicyclic) bond motifs is 3. The maximum absolute atomic E-state index is 10.9. The highest BCUT2D eigenvalue weighted by molar-refractivity contribution is 5.85. The number of hydrogen-bond acceptors (Lipinski definition) is 4. The number of rotatable bonds is 4. The summed E-state index contributed by atoms with van der Waals surface area (Å²) in [5, 5.41) is 12.5. The highest BCUT2D eigenvalue weighted by Gasteiger charge is 2.33. The van der Waals surface area contributed by atoms with Crippen molar-refractivity contribution in [2.45, 2.75) is 25.4 Å². The zero-order chi connectivity index (χ0) is 13.2. The van der Waals surface area contributed by atoms with Crippen LogP contribution >= 0.6 is 0 Å². The molecule has 3 aliphatic rings. The molecule has 3 saturated heterocycles. The molecule has 4 heterocycles. The van der Waals surface area contributed by atoms with E-state index in [-0.39, 0.29) is 5.69 Å². The Morgan fingerprint density at radius 1 is 1.42 bits per heavy atom. The van der Waals surface area contributed by atoms with Gasteiger partial charge in [0.05, 0.1) is 5.69 Å². The van der Waals surface area contributed by atoms with E-state index in [0.29, 0.717) is 12.6 Å². The molecular formula is C14H19N3O2. The standard InChI is InChI=1S/C14H19N3O2/c18-14(19)12-3-1-2-11(16-12)8-15-13-9-17-6-4-10(13)5-7-17/h1-3,10,13,15H,4-9H2,(H,18,19). The molecule has 4 rings (SSSR count). The number of aromatic carboxylic acids is 1. The molecule has 0 aliphatic carbocycles. The highest BCUT2D eigenvalue weighted by Crippen LogP contribution is 2.27. The van der Waals surface area contributed by atoms with Gasteiger partial charge in [0.25, 0.3) is 0 Å². The van der Waals surface area contributed by atoms with E-state index in [1.807, 2.05) is 6.07 Å². The van der Waals surface area contributed by atoms with Crippen molar-refractivity contribution in [1.29, 1.82) is 0 Å². The van der Waals surface area contributed by atoms with Crippen LogP contribution in [0.15, 0.2) is 18.2 Å². The number of carbonyl (C=O) groups is 1. The lowest BCUT2D eigenvalue weighted by molar-refractivity contribution is 0.0688. The van der Waals surface area contributed by atoms with Gasteiger partial charge in [0.2, 0.25) is 0 Å². The van der Waals surface area contributed by atoms with Gasteiger partial charge in [0.15, 0.2) is 0 Å². The van der Waals surface area contributed by atoms with Crippen LogP contribution in [0.5, 0.6) is 0 Å². The lowest BCUT2D eigenvalue weighted by atomic mass is 9.84. The molecule has 0 amide bonds. The van der Waals surface area contributed by atoms with Crippen LogP contribution in [-0.2, 0) is 6.54 Å². The Morgan fingerprint density at radius 3 is 2.84 bits per heavy atom. The normalized spacial score (nSPS) is 29.4. The van der Waals surface area contributed by atoms with Crippen molar-refractivity contribution in [3.05, 3.63) is 29.6 Å². The van der Waals surface area contributed by atoms with Crippen molar-refractivity contribution in [3.63, 3.8) is 0 Å². The third-order valence-electron chi connectivity index (χ3n) is 4.23. The summed E-state index contributed by atoms with van der Waals surface area (Å²) in [6, 6.07) is 5.68. The first kappa shape index (κ1) is 12.6. The number of aromatic nitrogens is 1. The van der Waals surface area contributed by atoms with Gasteiger partial charge in [0.1, 0.15) is 5.69 Å². The molecule has 1 aromatic rings. The number of pyridine rings is 1. The zero-order valence-corrected chi connectivity index (χ0v) is 10.9. The van der Waals surface area contributed by atoms with Gasteiger partial charge in [-0.05, 0) is 44.0 Å². The minimum absolute atomic E-state index is 0.119. The molecule has 0 saturated carbocycles. The van der Waals surface area contributed by atoms with Crippen molar-refractivity contribution >= 4 is 5.97 Å². The Balaban J connectivity index is 1.60. The Kier molecular flexibility index (Phi) is 3.48. The maximum Gasteiger partial charge on any atom is 0.354 e. The number of piperidine rings is 3. The summed E-state index contributed by atoms with van der Waals surface area (Å²) in [4.78, 5) is 17.5. The van der Waals surface area contributed by atoms with Crippen molar-refractivity contribution < 1.29 is 9.90 Å². The minimum Gasteiger partial charge on any atom is -0.477 e. The first-order chi connectivity index (χ1) is 9.22. The third kappa shape index (κ3) is 2.77. The number of nitrogens with one attached hydrogen (secondary N) is 1. The highest BCUT2D eigenvalue weighted by atomic mass is 16.4. The number of carboxylic acids is 1. The second-order valence-electron chi connectivity index (χ2n) is 5.44. The lowest BCUT2D eigenvalue weighted by Crippen LogP contribution is -2.55. The van der Waals surface area contributed by atoms with Crippen molar-refractivity contribution in [2.75, 3.05) is 19.6 Å². The molecule has 3 aliphatic heterocycles. The van der Waals surface area contributed by atoms with Gasteiger partial charge in [-0.2, -0.15) is 0 Å². The van der Waals surface area contributed by atoms with Gasteiger partial charge in [-0.3, -0.25) is 0 Å². The smallest absolute Gasteiger partial charge is 0.354 e. The molecule has 2 bridgehead atoms. The summed E-state index contributed by atoms with van der Waals surface area (Å²) in [6.45, 7) is 4.23. The minimum atomic E-state index is -0.968. The van der Waals surface area contributed by atoms with Crippen molar-refractivity contribution in [1.82, 2.24) is 15.2 Å². The average molecular weight is 261 g/mol. The molecule has 102 valence electrons. The van der Waals surface area contributed by atoms with Crippen LogP contribution in [0.3, 0.4) is 0 Å². The summed E-state index contributed by atoms with van der Waals surface area (Å²) in [5.41, 5.74) is 0.921. The molecule has 19 heavy (non-hydrogen) atoms. The molecule has 5 heteroatoms. The Labute approximate surface area is 112 Å². The predicted molar refractivity (Wildman–Crippen MR) is 71.0 cm³/mol. The molecule has 1 atom stereocenters. The predicted octanol–water partition coefficient (Wildman–Crippen LogP) is 0.964. The van der Waals surface area contributed by atoms with Crippen LogP contribution in [0.4, 0.5) is 0 Å². The number of nitrogens with zero attached hydrogens (tertiary/aromatic N) is 2. The van der Waals surface area contributed by atoms with Gasteiger partial charge in [0, 0.05) is 19.1 Å². The number of hydrogen-bond donors (Lipinski definition) is 2. The quantitative estimate of drug-likeness (QED) is 0.845. The summed E-state index contributed by atoms with van der Waals surface area (Å²) >= 11 is 0. The summed E-state index contributed by atoms with van der Waals surface area (Å²) < 4.78 is 0. The van der Waals surface area contributed by atoms with Gasteiger partial charge < -0.3 is 15.3 Å². The fraction of sp³-hybridized carbons (Fsp3) is 0.571. The molecule has 0 radical (unpaired) electrons. The Hall–Kier alpha value is -1.46. The van der Waals surface area contributed by atoms with Gasteiger partial charge in [-0.15, -0.1) is 0 Å². The maximum atomic E-state index is 10.9. The molecule has 3 fully saturated rings. The topological polar surface area (TPSA) is 65.5 Å². The van der Waals surface area contributed by atoms with E-state index >= 15 is 0 Å². The van der Waals surface area contributed by atoms with E-state index in [2.05, 4.69) is 15.2 Å². The molecule has 1 unspecified atom stereocenters. The van der Waals surface area contributed by atoms with E-state index in [0.717, 1.165) is 18.2 Å². The second kappa shape index (κ2) is 5.27. The summed E-state index contributed by atoms with van der Waals surface area (Å²) in [6.07, 6.45) is 2.56. The third-order valence-corrected chi connectivity index (χ3v) is 4.23. The Bertz CT molecular complexity index is 470. The fourth-order valence-electron chi connectivity index (χ4n) is 3.13. The lowest BCUT2D eigenvalue weighted by Gasteiger charge is -2.45. The Morgan fingerprint density at radius 2 is 2.21 bits per heavy atom. The van der Waals surface area contributed by atoms with E-state index in [1.54, 1.807) is 6.07 Å². The van der Waals surface area contributed by atoms with E-state index in [4.69, 9.17) is 5.11 Å². The van der Waals surface area contributed by atoms with Crippen LogP contribution in [0.1, 0.15) is 29.0 Å². The second-order valence-corrected chi connectivity index (χ2v) is 5.44. The monoisotopic (exact) mass is 261 g/mol. The molecule has 0 spiro atoms. The first-order valence-corrected chi connectivity index (χ1v) is 6.87. The number of carboxylic acid groups (broad SMARTS) is 1. The van der Waals surface area contributed by atoms with Crippen molar-refractivity contribution in [2.24, 2.45) is 5.92 Å². The fourth-order valence-corrected chi connectivity index (χ4v) is 3.13. The molecular weight excluding hydrogens is 242 g/mol. The molecule has 5 nitrogen and oxygen atoms in total. The van der Waals surface area contributed by atoms with Crippen LogP contribution in [0, 0.1) is 5.92 Å².